The molecule has 2 N–H and O–H groups in total. The Morgan fingerprint density at radius 3 is 3.14 bits per heavy atom. The van der Waals surface area contributed by atoms with Gasteiger partial charge in [0.25, 0.3) is 0 Å². The van der Waals surface area contributed by atoms with E-state index in [0.29, 0.717) is 0 Å². The van der Waals surface area contributed by atoms with Gasteiger partial charge in [0, 0.05) is 18.7 Å². The van der Waals surface area contributed by atoms with Gasteiger partial charge in [-0.05, 0) is 30.5 Å². The highest BCUT2D eigenvalue weighted by Crippen LogP contribution is 2.28. The van der Waals surface area contributed by atoms with E-state index in [1.807, 2.05) is 22.7 Å². The second-order valence-electron chi connectivity index (χ2n) is 5.17. The molecule has 0 saturated carbocycles. The third-order valence-corrected chi connectivity index (χ3v) is 4.48. The number of aromatic nitrogens is 4. The smallest absolute Gasteiger partial charge is 0.234 e. The van der Waals surface area contributed by atoms with Crippen molar-refractivity contribution in [2.24, 2.45) is 0 Å². The van der Waals surface area contributed by atoms with Crippen LogP contribution in [0.4, 0.5) is 5.69 Å². The fraction of sp³-hybridized carbons (Fsp3) is 0.357. The lowest BCUT2D eigenvalue weighted by atomic mass is 10.1. The summed E-state index contributed by atoms with van der Waals surface area (Å²) in [6.07, 6.45) is 2.84. The molecule has 1 fully saturated rings. The third kappa shape index (κ3) is 2.38. The molecule has 7 heteroatoms. The van der Waals surface area contributed by atoms with E-state index in [0.717, 1.165) is 52.9 Å². The minimum Gasteiger partial charge on any atom is -0.399 e. The van der Waals surface area contributed by atoms with E-state index in [1.165, 1.54) is 0 Å². The van der Waals surface area contributed by atoms with Gasteiger partial charge in [0.15, 0.2) is 5.82 Å². The van der Waals surface area contributed by atoms with Gasteiger partial charge < -0.3 is 10.5 Å². The summed E-state index contributed by atoms with van der Waals surface area (Å²) in [4.78, 5) is 0.819. The summed E-state index contributed by atoms with van der Waals surface area (Å²) in [5.41, 5.74) is 7.74. The summed E-state index contributed by atoms with van der Waals surface area (Å²) in [6, 6.07) is 7.88. The molecule has 4 rings (SSSR count). The fourth-order valence-electron chi connectivity index (χ4n) is 2.60. The van der Waals surface area contributed by atoms with E-state index in [1.54, 1.807) is 11.3 Å². The average molecular weight is 301 g/mol. The van der Waals surface area contributed by atoms with Crippen molar-refractivity contribution in [2.75, 3.05) is 12.3 Å². The van der Waals surface area contributed by atoms with Gasteiger partial charge in [-0.25, -0.2) is 0 Å². The maximum absolute atomic E-state index is 5.81. The molecule has 0 bridgehead atoms. The van der Waals surface area contributed by atoms with Crippen LogP contribution in [0.15, 0.2) is 24.3 Å². The zero-order valence-electron chi connectivity index (χ0n) is 11.4. The van der Waals surface area contributed by atoms with Crippen LogP contribution in [-0.4, -0.2) is 26.4 Å². The Morgan fingerprint density at radius 2 is 2.33 bits per heavy atom. The highest BCUT2D eigenvalue weighted by Gasteiger charge is 2.24. The second-order valence-corrected chi connectivity index (χ2v) is 6.21. The highest BCUT2D eigenvalue weighted by molar-refractivity contribution is 7.16. The minimum atomic E-state index is 0.0299. The number of fused-ring (bicyclic) bond motifs is 1. The Balaban J connectivity index is 1.64. The van der Waals surface area contributed by atoms with Gasteiger partial charge in [-0.3, -0.25) is 0 Å². The highest BCUT2D eigenvalue weighted by atomic mass is 32.1. The molecule has 108 valence electrons. The van der Waals surface area contributed by atoms with Crippen molar-refractivity contribution < 1.29 is 4.74 Å². The number of nitrogens with two attached hydrogens (primary N) is 1. The summed E-state index contributed by atoms with van der Waals surface area (Å²) in [5.74, 6) is 0.817. The molecule has 0 amide bonds. The molecule has 1 saturated heterocycles. The van der Waals surface area contributed by atoms with Crippen LogP contribution in [0.5, 0.6) is 0 Å². The minimum absolute atomic E-state index is 0.0299. The van der Waals surface area contributed by atoms with E-state index in [2.05, 4.69) is 21.4 Å². The molecular weight excluding hydrogens is 286 g/mol. The molecule has 1 aliphatic heterocycles. The first-order valence-corrected chi connectivity index (χ1v) is 7.78. The molecule has 1 aliphatic rings. The number of nitrogen functional groups attached to an aromatic ring is 1. The maximum Gasteiger partial charge on any atom is 0.234 e. The van der Waals surface area contributed by atoms with Gasteiger partial charge in [-0.1, -0.05) is 23.5 Å². The van der Waals surface area contributed by atoms with Crippen molar-refractivity contribution in [1.29, 1.82) is 0 Å². The number of benzene rings is 1. The standard InChI is InChI=1S/C14H15N5OS/c15-10-4-1-3-9(7-10)8-12-18-19-13(11-5-2-6-20-11)16-17-14(19)21-12/h1,3-4,7,11H,2,5-6,8,15H2. The van der Waals surface area contributed by atoms with Crippen molar-refractivity contribution in [3.05, 3.63) is 40.7 Å². The van der Waals surface area contributed by atoms with E-state index < -0.39 is 0 Å². The van der Waals surface area contributed by atoms with Gasteiger partial charge >= 0.3 is 0 Å². The normalized spacial score (nSPS) is 18.6. The lowest BCUT2D eigenvalue weighted by Crippen LogP contribution is -2.04. The van der Waals surface area contributed by atoms with Crippen molar-refractivity contribution in [2.45, 2.75) is 25.4 Å². The summed E-state index contributed by atoms with van der Waals surface area (Å²) in [7, 11) is 0. The predicted molar refractivity (Wildman–Crippen MR) is 80.2 cm³/mol. The number of hydrogen-bond donors (Lipinski definition) is 1. The van der Waals surface area contributed by atoms with Crippen LogP contribution in [0.1, 0.15) is 35.3 Å². The van der Waals surface area contributed by atoms with Crippen molar-refractivity contribution in [3.8, 4) is 0 Å². The van der Waals surface area contributed by atoms with Crippen LogP contribution < -0.4 is 5.73 Å². The maximum atomic E-state index is 5.81. The molecule has 1 atom stereocenters. The Kier molecular flexibility index (Phi) is 3.08. The zero-order chi connectivity index (χ0) is 14.2. The topological polar surface area (TPSA) is 78.3 Å². The second kappa shape index (κ2) is 5.09. The first kappa shape index (κ1) is 12.7. The van der Waals surface area contributed by atoms with Gasteiger partial charge in [0.05, 0.1) is 0 Å². The van der Waals surface area contributed by atoms with Crippen LogP contribution in [0.25, 0.3) is 4.96 Å². The van der Waals surface area contributed by atoms with Crippen LogP contribution in [0.2, 0.25) is 0 Å². The predicted octanol–water partition coefficient (Wildman–Crippen LogP) is 2.21. The van der Waals surface area contributed by atoms with E-state index >= 15 is 0 Å². The number of hydrogen-bond acceptors (Lipinski definition) is 6. The molecule has 3 heterocycles. The Bertz CT molecular complexity index is 775. The fourth-order valence-corrected chi connectivity index (χ4v) is 3.48. The molecule has 1 unspecified atom stereocenters. The molecule has 1 aromatic carbocycles. The monoisotopic (exact) mass is 301 g/mol. The number of anilines is 1. The van der Waals surface area contributed by atoms with E-state index in [9.17, 15) is 0 Å². The van der Waals surface area contributed by atoms with Gasteiger partial charge in [0.1, 0.15) is 11.1 Å². The van der Waals surface area contributed by atoms with Crippen LogP contribution in [0, 0.1) is 0 Å². The summed E-state index contributed by atoms with van der Waals surface area (Å²) < 4.78 is 7.50. The Morgan fingerprint density at radius 1 is 1.38 bits per heavy atom. The van der Waals surface area contributed by atoms with Crippen molar-refractivity contribution in [3.63, 3.8) is 0 Å². The molecule has 0 spiro atoms. The first-order chi connectivity index (χ1) is 10.3. The zero-order valence-corrected chi connectivity index (χ0v) is 12.2. The molecule has 6 nitrogen and oxygen atoms in total. The molecule has 0 aliphatic carbocycles. The number of rotatable bonds is 3. The average Bonchev–Trinajstić information content (AvgIpc) is 3.14. The summed E-state index contributed by atoms with van der Waals surface area (Å²) >= 11 is 1.56. The summed E-state index contributed by atoms with van der Waals surface area (Å²) in [5, 5.41) is 14.1. The van der Waals surface area contributed by atoms with Gasteiger partial charge in [-0.2, -0.15) is 9.61 Å². The first-order valence-electron chi connectivity index (χ1n) is 6.96. The van der Waals surface area contributed by atoms with E-state index in [4.69, 9.17) is 10.5 Å². The van der Waals surface area contributed by atoms with E-state index in [-0.39, 0.29) is 6.10 Å². The summed E-state index contributed by atoms with van der Waals surface area (Å²) in [6.45, 7) is 0.792. The van der Waals surface area contributed by atoms with Crippen molar-refractivity contribution in [1.82, 2.24) is 19.8 Å². The van der Waals surface area contributed by atoms with Crippen LogP contribution >= 0.6 is 11.3 Å². The largest absolute Gasteiger partial charge is 0.399 e. The molecule has 3 aromatic rings. The molecule has 0 radical (unpaired) electrons. The van der Waals surface area contributed by atoms with Gasteiger partial charge in [0.2, 0.25) is 4.96 Å². The Labute approximate surface area is 125 Å². The van der Waals surface area contributed by atoms with Crippen LogP contribution in [-0.2, 0) is 11.2 Å². The molecular formula is C14H15N5OS. The third-order valence-electron chi connectivity index (χ3n) is 3.58. The lowest BCUT2D eigenvalue weighted by Gasteiger charge is -2.04. The quantitative estimate of drug-likeness (QED) is 0.750. The molecule has 2 aromatic heterocycles. The number of ether oxygens (including phenoxy) is 1. The van der Waals surface area contributed by atoms with Crippen LogP contribution in [0.3, 0.4) is 0 Å². The lowest BCUT2D eigenvalue weighted by molar-refractivity contribution is 0.103. The number of nitrogens with zero attached hydrogens (tertiary/aromatic N) is 4. The van der Waals surface area contributed by atoms with Crippen molar-refractivity contribution >= 4 is 22.0 Å². The Hall–Kier alpha value is -1.99. The van der Waals surface area contributed by atoms with Gasteiger partial charge in [-0.15, -0.1) is 10.2 Å². The molecule has 21 heavy (non-hydrogen) atoms. The SMILES string of the molecule is Nc1cccc(Cc2nn3c(C4CCCO4)nnc3s2)c1.